The van der Waals surface area contributed by atoms with Crippen LogP contribution in [0.1, 0.15) is 5.56 Å². The highest BCUT2D eigenvalue weighted by atomic mass is 35.5. The Hall–Kier alpha value is -1.59. The monoisotopic (exact) mass is 265 g/mol. The molecule has 0 unspecified atom stereocenters. The number of hydrogen-bond acceptors (Lipinski definition) is 4. The van der Waals surface area contributed by atoms with E-state index < -0.39 is 0 Å². The van der Waals surface area contributed by atoms with Crippen LogP contribution in [0.4, 0.5) is 10.8 Å². The van der Waals surface area contributed by atoms with E-state index in [-0.39, 0.29) is 5.91 Å². The summed E-state index contributed by atoms with van der Waals surface area (Å²) in [5, 5.41) is 5.78. The van der Waals surface area contributed by atoms with E-state index in [0.29, 0.717) is 16.6 Å². The van der Waals surface area contributed by atoms with Crippen molar-refractivity contribution in [3.05, 3.63) is 28.1 Å². The fraction of sp³-hybridized carbons (Fsp3) is 0.0909. The number of halogens is 1. The SMILES string of the molecule is Nc1nc(-c2cc(Cl)cc3c2NC(=O)C3)cs1. The molecule has 0 radical (unpaired) electrons. The molecule has 0 aliphatic carbocycles. The van der Waals surface area contributed by atoms with Gasteiger partial charge in [-0.15, -0.1) is 11.3 Å². The van der Waals surface area contributed by atoms with E-state index in [4.69, 9.17) is 17.3 Å². The molecule has 2 heterocycles. The van der Waals surface area contributed by atoms with Gasteiger partial charge in [0.15, 0.2) is 5.13 Å². The third-order valence-electron chi connectivity index (χ3n) is 2.60. The van der Waals surface area contributed by atoms with Crippen molar-refractivity contribution in [3.8, 4) is 11.3 Å². The molecule has 1 aliphatic heterocycles. The van der Waals surface area contributed by atoms with Crippen molar-refractivity contribution < 1.29 is 4.79 Å². The number of hydrogen-bond donors (Lipinski definition) is 2. The van der Waals surface area contributed by atoms with Crippen LogP contribution in [0.15, 0.2) is 17.5 Å². The maximum Gasteiger partial charge on any atom is 0.228 e. The fourth-order valence-corrected chi connectivity index (χ4v) is 2.72. The van der Waals surface area contributed by atoms with Crippen molar-refractivity contribution in [2.24, 2.45) is 0 Å². The van der Waals surface area contributed by atoms with Gasteiger partial charge in [0, 0.05) is 16.0 Å². The second-order valence-electron chi connectivity index (χ2n) is 3.78. The maximum absolute atomic E-state index is 11.4. The average molecular weight is 266 g/mol. The van der Waals surface area contributed by atoms with Crippen molar-refractivity contribution in [1.29, 1.82) is 0 Å². The third-order valence-corrected chi connectivity index (χ3v) is 3.49. The number of anilines is 2. The number of nitrogens with zero attached hydrogens (tertiary/aromatic N) is 1. The Bertz CT molecular complexity index is 623. The lowest BCUT2D eigenvalue weighted by atomic mass is 10.1. The Kier molecular flexibility index (Phi) is 2.31. The van der Waals surface area contributed by atoms with Crippen LogP contribution in [0.5, 0.6) is 0 Å². The molecule has 0 bridgehead atoms. The van der Waals surface area contributed by atoms with E-state index >= 15 is 0 Å². The van der Waals surface area contributed by atoms with E-state index in [1.807, 2.05) is 5.38 Å². The minimum Gasteiger partial charge on any atom is -0.375 e. The van der Waals surface area contributed by atoms with Gasteiger partial charge in [0.1, 0.15) is 0 Å². The number of nitrogen functional groups attached to an aromatic ring is 1. The number of fused-ring (bicyclic) bond motifs is 1. The smallest absolute Gasteiger partial charge is 0.228 e. The number of thiazole rings is 1. The van der Waals surface area contributed by atoms with Crippen molar-refractivity contribution in [3.63, 3.8) is 0 Å². The van der Waals surface area contributed by atoms with Gasteiger partial charge in [-0.2, -0.15) is 0 Å². The van der Waals surface area contributed by atoms with Crippen molar-refractivity contribution in [1.82, 2.24) is 4.98 Å². The number of benzene rings is 1. The van der Waals surface area contributed by atoms with Crippen LogP contribution in [-0.2, 0) is 11.2 Å². The van der Waals surface area contributed by atoms with Gasteiger partial charge in [0.25, 0.3) is 0 Å². The molecule has 0 fully saturated rings. The topological polar surface area (TPSA) is 68.0 Å². The summed E-state index contributed by atoms with van der Waals surface area (Å²) in [6.07, 6.45) is 0.364. The second-order valence-corrected chi connectivity index (χ2v) is 5.11. The number of amides is 1. The zero-order chi connectivity index (χ0) is 12.0. The molecule has 86 valence electrons. The Labute approximate surface area is 106 Å². The summed E-state index contributed by atoms with van der Waals surface area (Å²) in [5.74, 6) is -0.0216. The molecule has 0 saturated carbocycles. The molecular weight excluding hydrogens is 258 g/mol. The van der Waals surface area contributed by atoms with Crippen LogP contribution < -0.4 is 11.1 Å². The molecule has 2 aromatic rings. The summed E-state index contributed by atoms with van der Waals surface area (Å²) >= 11 is 7.40. The highest BCUT2D eigenvalue weighted by Crippen LogP contribution is 2.37. The van der Waals surface area contributed by atoms with Gasteiger partial charge in [-0.25, -0.2) is 4.98 Å². The minimum absolute atomic E-state index is 0.0216. The number of nitrogens with one attached hydrogen (secondary N) is 1. The summed E-state index contributed by atoms with van der Waals surface area (Å²) in [4.78, 5) is 15.6. The predicted octanol–water partition coefficient (Wildman–Crippen LogP) is 2.54. The van der Waals surface area contributed by atoms with E-state index in [1.54, 1.807) is 12.1 Å². The van der Waals surface area contributed by atoms with Crippen LogP contribution in [0.2, 0.25) is 5.02 Å². The van der Waals surface area contributed by atoms with Gasteiger partial charge in [0.2, 0.25) is 5.91 Å². The van der Waals surface area contributed by atoms with Crippen LogP contribution in [0.25, 0.3) is 11.3 Å². The van der Waals surface area contributed by atoms with Gasteiger partial charge in [0.05, 0.1) is 17.8 Å². The first-order valence-electron chi connectivity index (χ1n) is 4.97. The zero-order valence-electron chi connectivity index (χ0n) is 8.66. The molecule has 1 aromatic heterocycles. The normalized spacial score (nSPS) is 13.6. The quantitative estimate of drug-likeness (QED) is 0.833. The minimum atomic E-state index is -0.0216. The van der Waals surface area contributed by atoms with E-state index in [0.717, 1.165) is 22.5 Å². The number of carbonyl (C=O) groups is 1. The highest BCUT2D eigenvalue weighted by molar-refractivity contribution is 7.13. The van der Waals surface area contributed by atoms with Gasteiger partial charge >= 0.3 is 0 Å². The van der Waals surface area contributed by atoms with Crippen LogP contribution >= 0.6 is 22.9 Å². The van der Waals surface area contributed by atoms with Crippen LogP contribution in [-0.4, -0.2) is 10.9 Å². The molecule has 1 aromatic carbocycles. The van der Waals surface area contributed by atoms with Crippen LogP contribution in [0.3, 0.4) is 0 Å². The lowest BCUT2D eigenvalue weighted by Crippen LogP contribution is -2.04. The Morgan fingerprint density at radius 2 is 2.29 bits per heavy atom. The summed E-state index contributed by atoms with van der Waals surface area (Å²) in [7, 11) is 0. The number of rotatable bonds is 1. The van der Waals surface area contributed by atoms with Crippen molar-refractivity contribution >= 4 is 39.7 Å². The van der Waals surface area contributed by atoms with Gasteiger partial charge in [-0.1, -0.05) is 11.6 Å². The lowest BCUT2D eigenvalue weighted by Gasteiger charge is -2.06. The first-order valence-corrected chi connectivity index (χ1v) is 6.23. The lowest BCUT2D eigenvalue weighted by molar-refractivity contribution is -0.115. The molecule has 1 amide bonds. The largest absolute Gasteiger partial charge is 0.375 e. The number of carbonyl (C=O) groups excluding carboxylic acids is 1. The van der Waals surface area contributed by atoms with Crippen molar-refractivity contribution in [2.75, 3.05) is 11.1 Å². The second kappa shape index (κ2) is 3.72. The first kappa shape index (κ1) is 10.6. The Morgan fingerprint density at radius 1 is 1.47 bits per heavy atom. The molecule has 0 atom stereocenters. The number of aromatic nitrogens is 1. The highest BCUT2D eigenvalue weighted by Gasteiger charge is 2.23. The zero-order valence-corrected chi connectivity index (χ0v) is 10.2. The molecule has 6 heteroatoms. The summed E-state index contributed by atoms with van der Waals surface area (Å²) in [5.41, 5.74) is 8.89. The molecule has 0 saturated heterocycles. The molecular formula is C11H8ClN3OS. The standard InChI is InChI=1S/C11H8ClN3OS/c12-6-1-5-2-9(16)15-10(5)7(3-6)8-4-17-11(13)14-8/h1,3-4H,2H2,(H2,13,14)(H,15,16). The summed E-state index contributed by atoms with van der Waals surface area (Å²) in [6, 6.07) is 3.59. The molecule has 4 nitrogen and oxygen atoms in total. The summed E-state index contributed by atoms with van der Waals surface area (Å²) < 4.78 is 0. The maximum atomic E-state index is 11.4. The van der Waals surface area contributed by atoms with Crippen molar-refractivity contribution in [2.45, 2.75) is 6.42 Å². The first-order chi connectivity index (χ1) is 8.13. The van der Waals surface area contributed by atoms with Gasteiger partial charge in [-0.3, -0.25) is 4.79 Å². The molecule has 17 heavy (non-hydrogen) atoms. The third kappa shape index (κ3) is 1.77. The molecule has 0 spiro atoms. The van der Waals surface area contributed by atoms with E-state index in [2.05, 4.69) is 10.3 Å². The van der Waals surface area contributed by atoms with Crippen LogP contribution in [0, 0.1) is 0 Å². The summed E-state index contributed by atoms with van der Waals surface area (Å²) in [6.45, 7) is 0. The fourth-order valence-electron chi connectivity index (χ4n) is 1.92. The Balaban J connectivity index is 2.21. The molecule has 3 N–H and O–H groups in total. The Morgan fingerprint density at radius 3 is 3.00 bits per heavy atom. The van der Waals surface area contributed by atoms with E-state index in [1.165, 1.54) is 11.3 Å². The average Bonchev–Trinajstić information content (AvgIpc) is 2.82. The number of nitrogens with two attached hydrogens (primary N) is 1. The van der Waals surface area contributed by atoms with E-state index in [9.17, 15) is 4.79 Å². The molecule has 3 rings (SSSR count). The predicted molar refractivity (Wildman–Crippen MR) is 69.3 cm³/mol. The van der Waals surface area contributed by atoms with Gasteiger partial charge in [-0.05, 0) is 17.7 Å². The van der Waals surface area contributed by atoms with Gasteiger partial charge < -0.3 is 11.1 Å². The molecule has 1 aliphatic rings.